The average Bonchev–Trinajstić information content (AvgIpc) is 2.36. The summed E-state index contributed by atoms with van der Waals surface area (Å²) in [5.74, 6) is 0.909. The van der Waals surface area contributed by atoms with Gasteiger partial charge in [0.1, 0.15) is 11.6 Å². The molecule has 2 aromatic rings. The number of halogens is 1. The van der Waals surface area contributed by atoms with Gasteiger partial charge in [-0.25, -0.2) is 9.37 Å². The Morgan fingerprint density at radius 2 is 2.00 bits per heavy atom. The third-order valence-electron chi connectivity index (χ3n) is 2.81. The Labute approximate surface area is 112 Å². The largest absolute Gasteiger partial charge is 0.438 e. The fraction of sp³-hybridized carbons (Fsp3) is 0.267. The molecule has 1 aromatic carbocycles. The molecule has 19 heavy (non-hydrogen) atoms. The predicted molar refractivity (Wildman–Crippen MR) is 72.9 cm³/mol. The van der Waals surface area contributed by atoms with Crippen LogP contribution < -0.4 is 10.1 Å². The Morgan fingerprint density at radius 3 is 2.63 bits per heavy atom. The first kappa shape index (κ1) is 13.5. The molecule has 0 fully saturated rings. The molecule has 0 bridgehead atoms. The Bertz CT molecular complexity index is 584. The first-order chi connectivity index (χ1) is 9.10. The van der Waals surface area contributed by atoms with E-state index >= 15 is 0 Å². The summed E-state index contributed by atoms with van der Waals surface area (Å²) in [7, 11) is 1.89. The van der Waals surface area contributed by atoms with E-state index < -0.39 is 0 Å². The SMILES string of the molecule is CNCc1cnc(Oc2ccc(F)cc2C)c(C)c1. The first-order valence-electron chi connectivity index (χ1n) is 6.14. The summed E-state index contributed by atoms with van der Waals surface area (Å²) in [4.78, 5) is 4.30. The highest BCUT2D eigenvalue weighted by Gasteiger charge is 2.07. The summed E-state index contributed by atoms with van der Waals surface area (Å²) in [6.07, 6.45) is 1.78. The molecule has 0 radical (unpaired) electrons. The predicted octanol–water partition coefficient (Wildman–Crippen LogP) is 3.35. The number of aromatic nitrogens is 1. The molecule has 4 heteroatoms. The topological polar surface area (TPSA) is 34.2 Å². The van der Waals surface area contributed by atoms with Crippen LogP contribution in [0, 0.1) is 19.7 Å². The van der Waals surface area contributed by atoms with Crippen molar-refractivity contribution in [2.24, 2.45) is 0 Å². The molecule has 0 atom stereocenters. The molecular weight excluding hydrogens is 243 g/mol. The van der Waals surface area contributed by atoms with Gasteiger partial charge in [0, 0.05) is 18.3 Å². The zero-order chi connectivity index (χ0) is 13.8. The van der Waals surface area contributed by atoms with Crippen LogP contribution in [0.3, 0.4) is 0 Å². The second kappa shape index (κ2) is 5.80. The van der Waals surface area contributed by atoms with E-state index in [1.165, 1.54) is 12.1 Å². The van der Waals surface area contributed by atoms with E-state index in [0.717, 1.165) is 23.2 Å². The van der Waals surface area contributed by atoms with Crippen molar-refractivity contribution in [2.75, 3.05) is 7.05 Å². The van der Waals surface area contributed by atoms with Crippen molar-refractivity contribution in [3.8, 4) is 11.6 Å². The normalized spacial score (nSPS) is 10.5. The minimum absolute atomic E-state index is 0.265. The van der Waals surface area contributed by atoms with E-state index in [2.05, 4.69) is 10.3 Å². The number of hydrogen-bond donors (Lipinski definition) is 1. The Kier molecular flexibility index (Phi) is 4.12. The molecule has 0 unspecified atom stereocenters. The average molecular weight is 260 g/mol. The van der Waals surface area contributed by atoms with Gasteiger partial charge in [-0.05, 0) is 56.3 Å². The minimum atomic E-state index is -0.265. The maximum Gasteiger partial charge on any atom is 0.222 e. The Hall–Kier alpha value is -1.94. The van der Waals surface area contributed by atoms with Crippen LogP contribution >= 0.6 is 0 Å². The number of nitrogens with zero attached hydrogens (tertiary/aromatic N) is 1. The van der Waals surface area contributed by atoms with Crippen LogP contribution in [0.1, 0.15) is 16.7 Å². The van der Waals surface area contributed by atoms with E-state index in [1.807, 2.05) is 27.0 Å². The van der Waals surface area contributed by atoms with Crippen LogP contribution in [0.25, 0.3) is 0 Å². The molecule has 0 saturated heterocycles. The van der Waals surface area contributed by atoms with Crippen molar-refractivity contribution >= 4 is 0 Å². The van der Waals surface area contributed by atoms with Crippen molar-refractivity contribution in [1.82, 2.24) is 10.3 Å². The summed E-state index contributed by atoms with van der Waals surface area (Å²) < 4.78 is 18.8. The van der Waals surface area contributed by atoms with E-state index in [4.69, 9.17) is 4.74 Å². The molecule has 0 aliphatic heterocycles. The fourth-order valence-electron chi connectivity index (χ4n) is 1.86. The van der Waals surface area contributed by atoms with E-state index in [9.17, 15) is 4.39 Å². The zero-order valence-corrected chi connectivity index (χ0v) is 11.3. The van der Waals surface area contributed by atoms with Gasteiger partial charge in [-0.1, -0.05) is 0 Å². The molecule has 0 aliphatic rings. The molecule has 2 rings (SSSR count). The lowest BCUT2D eigenvalue weighted by Crippen LogP contribution is -2.06. The number of aryl methyl sites for hydroxylation is 2. The summed E-state index contributed by atoms with van der Waals surface area (Å²) in [5.41, 5.74) is 2.81. The molecule has 1 N–H and O–H groups in total. The summed E-state index contributed by atoms with van der Waals surface area (Å²) in [6.45, 7) is 4.52. The first-order valence-corrected chi connectivity index (χ1v) is 6.14. The van der Waals surface area contributed by atoms with Gasteiger partial charge < -0.3 is 10.1 Å². The highest BCUT2D eigenvalue weighted by atomic mass is 19.1. The summed E-state index contributed by atoms with van der Waals surface area (Å²) in [5, 5.41) is 3.07. The van der Waals surface area contributed by atoms with Gasteiger partial charge in [0.05, 0.1) is 0 Å². The van der Waals surface area contributed by atoms with Gasteiger partial charge in [-0.3, -0.25) is 0 Å². The van der Waals surface area contributed by atoms with Gasteiger partial charge >= 0.3 is 0 Å². The van der Waals surface area contributed by atoms with Crippen molar-refractivity contribution in [1.29, 1.82) is 0 Å². The number of ether oxygens (including phenoxy) is 1. The maximum absolute atomic E-state index is 13.0. The maximum atomic E-state index is 13.0. The van der Waals surface area contributed by atoms with Crippen LogP contribution in [0.5, 0.6) is 11.6 Å². The Balaban J connectivity index is 2.23. The van der Waals surface area contributed by atoms with Crippen molar-refractivity contribution < 1.29 is 9.13 Å². The van der Waals surface area contributed by atoms with Crippen molar-refractivity contribution in [2.45, 2.75) is 20.4 Å². The number of benzene rings is 1. The van der Waals surface area contributed by atoms with Crippen LogP contribution in [0.2, 0.25) is 0 Å². The lowest BCUT2D eigenvalue weighted by molar-refractivity contribution is 0.453. The molecule has 0 saturated carbocycles. The third-order valence-corrected chi connectivity index (χ3v) is 2.81. The molecule has 1 heterocycles. The van der Waals surface area contributed by atoms with Crippen LogP contribution in [-0.2, 0) is 6.54 Å². The van der Waals surface area contributed by atoms with Crippen molar-refractivity contribution in [3.63, 3.8) is 0 Å². The summed E-state index contributed by atoms with van der Waals surface area (Å²) in [6, 6.07) is 6.47. The molecule has 100 valence electrons. The van der Waals surface area contributed by atoms with Crippen molar-refractivity contribution in [3.05, 3.63) is 53.0 Å². The lowest BCUT2D eigenvalue weighted by Gasteiger charge is -2.11. The molecular formula is C15H17FN2O. The van der Waals surface area contributed by atoms with Crippen LogP contribution in [-0.4, -0.2) is 12.0 Å². The van der Waals surface area contributed by atoms with Crippen LogP contribution in [0.15, 0.2) is 30.5 Å². The van der Waals surface area contributed by atoms with Gasteiger partial charge in [0.15, 0.2) is 0 Å². The van der Waals surface area contributed by atoms with E-state index in [1.54, 1.807) is 12.3 Å². The number of rotatable bonds is 4. The van der Waals surface area contributed by atoms with E-state index in [0.29, 0.717) is 11.6 Å². The standard InChI is InChI=1S/C15H17FN2O/c1-10-7-13(16)4-5-14(10)19-15-11(2)6-12(8-17-3)9-18-15/h4-7,9,17H,8H2,1-3H3. The zero-order valence-electron chi connectivity index (χ0n) is 11.3. The van der Waals surface area contributed by atoms with Gasteiger partial charge in [0.25, 0.3) is 0 Å². The molecule has 1 aromatic heterocycles. The Morgan fingerprint density at radius 1 is 1.21 bits per heavy atom. The van der Waals surface area contributed by atoms with Gasteiger partial charge in [-0.15, -0.1) is 0 Å². The fourth-order valence-corrected chi connectivity index (χ4v) is 1.86. The highest BCUT2D eigenvalue weighted by Crippen LogP contribution is 2.26. The van der Waals surface area contributed by atoms with Gasteiger partial charge in [-0.2, -0.15) is 0 Å². The monoisotopic (exact) mass is 260 g/mol. The minimum Gasteiger partial charge on any atom is -0.438 e. The molecule has 0 spiro atoms. The molecule has 0 aliphatic carbocycles. The van der Waals surface area contributed by atoms with Crippen LogP contribution in [0.4, 0.5) is 4.39 Å². The van der Waals surface area contributed by atoms with E-state index in [-0.39, 0.29) is 5.82 Å². The lowest BCUT2D eigenvalue weighted by atomic mass is 10.2. The molecule has 3 nitrogen and oxygen atoms in total. The highest BCUT2D eigenvalue weighted by molar-refractivity contribution is 5.38. The second-order valence-corrected chi connectivity index (χ2v) is 4.51. The smallest absolute Gasteiger partial charge is 0.222 e. The molecule has 0 amide bonds. The van der Waals surface area contributed by atoms with Gasteiger partial charge in [0.2, 0.25) is 5.88 Å². The summed E-state index contributed by atoms with van der Waals surface area (Å²) >= 11 is 0. The number of pyridine rings is 1. The number of nitrogens with one attached hydrogen (secondary N) is 1. The quantitative estimate of drug-likeness (QED) is 0.915. The number of hydrogen-bond acceptors (Lipinski definition) is 3. The second-order valence-electron chi connectivity index (χ2n) is 4.51. The third kappa shape index (κ3) is 3.29.